The lowest BCUT2D eigenvalue weighted by Crippen LogP contribution is -2.24. The quantitative estimate of drug-likeness (QED) is 0.706. The van der Waals surface area contributed by atoms with E-state index in [1.807, 2.05) is 4.57 Å². The molecule has 120 valence electrons. The fraction of sp³-hybridized carbons (Fsp3) is 0.786. The summed E-state index contributed by atoms with van der Waals surface area (Å²) in [6, 6.07) is 0. The fourth-order valence-corrected chi connectivity index (χ4v) is 2.66. The molecule has 7 heteroatoms. The summed E-state index contributed by atoms with van der Waals surface area (Å²) in [7, 11) is 1.70. The third-order valence-electron chi connectivity index (χ3n) is 3.16. The van der Waals surface area contributed by atoms with E-state index in [9.17, 15) is 4.79 Å². The Labute approximate surface area is 130 Å². The van der Waals surface area contributed by atoms with Crippen LogP contribution in [0.2, 0.25) is 0 Å². The summed E-state index contributed by atoms with van der Waals surface area (Å²) in [6.45, 7) is 9.91. The molecule has 1 N–H and O–H groups in total. The molecule has 0 aliphatic rings. The van der Waals surface area contributed by atoms with Crippen LogP contribution in [0.25, 0.3) is 0 Å². The molecule has 1 aromatic heterocycles. The van der Waals surface area contributed by atoms with Crippen molar-refractivity contribution in [2.75, 3.05) is 19.5 Å². The highest BCUT2D eigenvalue weighted by Crippen LogP contribution is 2.29. The van der Waals surface area contributed by atoms with E-state index >= 15 is 0 Å². The van der Waals surface area contributed by atoms with E-state index in [0.29, 0.717) is 11.8 Å². The van der Waals surface area contributed by atoms with Gasteiger partial charge in [-0.05, 0) is 11.8 Å². The van der Waals surface area contributed by atoms with Crippen LogP contribution in [-0.4, -0.2) is 45.3 Å². The molecule has 6 nitrogen and oxygen atoms in total. The average Bonchev–Trinajstić information content (AvgIpc) is 2.76. The number of hydrogen-bond acceptors (Lipinski definition) is 5. The Hall–Kier alpha value is -1.08. The minimum Gasteiger partial charge on any atom is -0.481 e. The predicted octanol–water partition coefficient (Wildman–Crippen LogP) is 2.64. The SMILES string of the molecule is COCCC(C)(C)Cn1c(SCC(=O)O)nnc1C(C)C. The molecule has 0 aliphatic carbocycles. The fourth-order valence-electron chi connectivity index (χ4n) is 1.99. The summed E-state index contributed by atoms with van der Waals surface area (Å²) in [4.78, 5) is 10.8. The normalized spacial score (nSPS) is 12.1. The Morgan fingerprint density at radius 1 is 1.43 bits per heavy atom. The maximum absolute atomic E-state index is 10.8. The van der Waals surface area contributed by atoms with Gasteiger partial charge in [0.05, 0.1) is 5.75 Å². The molecule has 0 fully saturated rings. The van der Waals surface area contributed by atoms with Gasteiger partial charge in [-0.3, -0.25) is 4.79 Å². The smallest absolute Gasteiger partial charge is 0.313 e. The Morgan fingerprint density at radius 3 is 2.62 bits per heavy atom. The lowest BCUT2D eigenvalue weighted by atomic mass is 9.89. The van der Waals surface area contributed by atoms with Crippen molar-refractivity contribution in [2.45, 2.75) is 51.7 Å². The third-order valence-corrected chi connectivity index (χ3v) is 4.11. The molecule has 1 rings (SSSR count). The van der Waals surface area contributed by atoms with Crippen LogP contribution in [0.3, 0.4) is 0 Å². The number of ether oxygens (including phenoxy) is 1. The Kier molecular flexibility index (Phi) is 6.67. The van der Waals surface area contributed by atoms with Crippen molar-refractivity contribution in [3.05, 3.63) is 5.82 Å². The first kappa shape index (κ1) is 18.0. The minimum absolute atomic E-state index is 0.00523. The molecular weight excluding hydrogens is 290 g/mol. The van der Waals surface area contributed by atoms with E-state index in [0.717, 1.165) is 18.8 Å². The van der Waals surface area contributed by atoms with Gasteiger partial charge in [-0.2, -0.15) is 0 Å². The molecule has 0 bridgehead atoms. The first-order chi connectivity index (χ1) is 9.76. The van der Waals surface area contributed by atoms with E-state index in [1.165, 1.54) is 11.8 Å². The van der Waals surface area contributed by atoms with Gasteiger partial charge in [-0.1, -0.05) is 39.5 Å². The second-order valence-corrected chi connectivity index (χ2v) is 7.11. The standard InChI is InChI=1S/C14H25N3O3S/c1-10(2)12-15-16-13(21-8-11(18)19)17(12)9-14(3,4)6-7-20-5/h10H,6-9H2,1-5H3,(H,18,19). The Balaban J connectivity index is 2.95. The first-order valence-electron chi connectivity index (χ1n) is 7.03. The average molecular weight is 315 g/mol. The largest absolute Gasteiger partial charge is 0.481 e. The van der Waals surface area contributed by atoms with E-state index < -0.39 is 5.97 Å². The highest BCUT2D eigenvalue weighted by molar-refractivity contribution is 7.99. The van der Waals surface area contributed by atoms with Gasteiger partial charge in [0.15, 0.2) is 5.16 Å². The number of carboxylic acid groups (broad SMARTS) is 1. The molecule has 0 aromatic carbocycles. The molecule has 0 saturated carbocycles. The van der Waals surface area contributed by atoms with Crippen LogP contribution >= 0.6 is 11.8 Å². The van der Waals surface area contributed by atoms with Gasteiger partial charge < -0.3 is 14.4 Å². The summed E-state index contributed by atoms with van der Waals surface area (Å²) in [5.41, 5.74) is 0.0283. The molecule has 0 amide bonds. The van der Waals surface area contributed by atoms with Crippen molar-refractivity contribution in [3.63, 3.8) is 0 Å². The molecule has 1 heterocycles. The van der Waals surface area contributed by atoms with Crippen LogP contribution in [0, 0.1) is 5.41 Å². The lowest BCUT2D eigenvalue weighted by Gasteiger charge is -2.26. The van der Waals surface area contributed by atoms with Gasteiger partial charge in [0.2, 0.25) is 0 Å². The first-order valence-corrected chi connectivity index (χ1v) is 8.02. The van der Waals surface area contributed by atoms with E-state index in [-0.39, 0.29) is 17.1 Å². The van der Waals surface area contributed by atoms with Gasteiger partial charge in [0, 0.05) is 26.2 Å². The number of aromatic nitrogens is 3. The summed E-state index contributed by atoms with van der Waals surface area (Å²) in [5, 5.41) is 17.9. The maximum atomic E-state index is 10.8. The van der Waals surface area contributed by atoms with Gasteiger partial charge in [-0.25, -0.2) is 0 Å². The topological polar surface area (TPSA) is 77.2 Å². The van der Waals surface area contributed by atoms with Gasteiger partial charge in [-0.15, -0.1) is 10.2 Å². The molecular formula is C14H25N3O3S. The molecule has 0 radical (unpaired) electrons. The summed E-state index contributed by atoms with van der Waals surface area (Å²) in [5.74, 6) is 0.289. The Morgan fingerprint density at radius 2 is 2.10 bits per heavy atom. The van der Waals surface area contributed by atoms with Crippen molar-refractivity contribution < 1.29 is 14.6 Å². The molecule has 0 spiro atoms. The number of rotatable bonds is 9. The molecule has 1 aromatic rings. The molecule has 0 saturated heterocycles. The highest BCUT2D eigenvalue weighted by Gasteiger charge is 2.24. The van der Waals surface area contributed by atoms with Crippen LogP contribution in [0.1, 0.15) is 45.9 Å². The van der Waals surface area contributed by atoms with Crippen molar-refractivity contribution in [1.82, 2.24) is 14.8 Å². The molecule has 0 unspecified atom stereocenters. The number of hydrogen-bond donors (Lipinski definition) is 1. The van der Waals surface area contributed by atoms with Crippen molar-refractivity contribution in [1.29, 1.82) is 0 Å². The lowest BCUT2D eigenvalue weighted by molar-refractivity contribution is -0.133. The van der Waals surface area contributed by atoms with Crippen molar-refractivity contribution in [3.8, 4) is 0 Å². The number of carbonyl (C=O) groups is 1. The summed E-state index contributed by atoms with van der Waals surface area (Å²) in [6.07, 6.45) is 0.919. The van der Waals surface area contributed by atoms with Crippen molar-refractivity contribution >= 4 is 17.7 Å². The monoisotopic (exact) mass is 315 g/mol. The molecule has 21 heavy (non-hydrogen) atoms. The van der Waals surface area contributed by atoms with Crippen LogP contribution in [0.5, 0.6) is 0 Å². The van der Waals surface area contributed by atoms with Crippen LogP contribution in [-0.2, 0) is 16.1 Å². The third kappa shape index (κ3) is 5.67. The van der Waals surface area contributed by atoms with Gasteiger partial charge >= 0.3 is 5.97 Å². The number of nitrogens with zero attached hydrogens (tertiary/aromatic N) is 3. The van der Waals surface area contributed by atoms with Crippen molar-refractivity contribution in [2.24, 2.45) is 5.41 Å². The maximum Gasteiger partial charge on any atom is 0.313 e. The van der Waals surface area contributed by atoms with E-state index in [1.54, 1.807) is 7.11 Å². The van der Waals surface area contributed by atoms with E-state index in [2.05, 4.69) is 37.9 Å². The molecule has 0 aliphatic heterocycles. The molecule has 0 atom stereocenters. The number of carboxylic acids is 1. The van der Waals surface area contributed by atoms with Crippen LogP contribution in [0.4, 0.5) is 0 Å². The van der Waals surface area contributed by atoms with Gasteiger partial charge in [0.25, 0.3) is 0 Å². The highest BCUT2D eigenvalue weighted by atomic mass is 32.2. The number of methoxy groups -OCH3 is 1. The second-order valence-electron chi connectivity index (χ2n) is 6.17. The zero-order valence-corrected chi connectivity index (χ0v) is 14.2. The van der Waals surface area contributed by atoms with Crippen LogP contribution < -0.4 is 0 Å². The number of thioether (sulfide) groups is 1. The van der Waals surface area contributed by atoms with Crippen LogP contribution in [0.15, 0.2) is 5.16 Å². The van der Waals surface area contributed by atoms with Gasteiger partial charge in [0.1, 0.15) is 5.82 Å². The summed E-state index contributed by atoms with van der Waals surface area (Å²) >= 11 is 1.22. The zero-order valence-electron chi connectivity index (χ0n) is 13.4. The number of aliphatic carboxylic acids is 1. The second kappa shape index (κ2) is 7.79. The summed E-state index contributed by atoms with van der Waals surface area (Å²) < 4.78 is 7.21. The minimum atomic E-state index is -0.848. The zero-order chi connectivity index (χ0) is 16.0. The van der Waals surface area contributed by atoms with E-state index in [4.69, 9.17) is 9.84 Å². The predicted molar refractivity (Wildman–Crippen MR) is 82.7 cm³/mol. The Bertz CT molecular complexity index is 472.